The molecule has 124 valence electrons. The summed E-state index contributed by atoms with van der Waals surface area (Å²) in [7, 11) is -6.25. The van der Waals surface area contributed by atoms with E-state index in [1.54, 1.807) is 0 Å². The van der Waals surface area contributed by atoms with Crippen molar-refractivity contribution in [3.8, 4) is 12.1 Å². The van der Waals surface area contributed by atoms with Crippen LogP contribution in [0.4, 0.5) is 26.3 Å². The fourth-order valence-corrected chi connectivity index (χ4v) is 2.14. The van der Waals surface area contributed by atoms with E-state index >= 15 is 0 Å². The summed E-state index contributed by atoms with van der Waals surface area (Å²) in [6.07, 6.45) is 0. The predicted molar refractivity (Wildman–Crippen MR) is 57.2 cm³/mol. The average molecular weight is 351 g/mol. The number of sulfonamides is 1. The second-order valence-corrected chi connectivity index (χ2v) is 5.53. The van der Waals surface area contributed by atoms with Gasteiger partial charge in [-0.1, -0.05) is 6.92 Å². The zero-order valence-corrected chi connectivity index (χ0v) is 11.4. The van der Waals surface area contributed by atoms with Gasteiger partial charge in [-0.3, -0.25) is 4.79 Å². The van der Waals surface area contributed by atoms with Crippen molar-refractivity contribution in [2.24, 2.45) is 5.92 Å². The maximum atomic E-state index is 13.3. The Hall–Kier alpha value is -1.86. The van der Waals surface area contributed by atoms with Gasteiger partial charge in [0.1, 0.15) is 0 Å². The van der Waals surface area contributed by atoms with Crippen molar-refractivity contribution in [3.63, 3.8) is 0 Å². The smallest absolute Gasteiger partial charge is 0.290 e. The molecule has 0 radical (unpaired) electrons. The molecule has 0 saturated heterocycles. The van der Waals surface area contributed by atoms with Gasteiger partial charge in [-0.25, -0.2) is 13.1 Å². The van der Waals surface area contributed by atoms with Crippen molar-refractivity contribution in [1.82, 2.24) is 4.72 Å². The molecular weight excluding hydrogens is 344 g/mol. The fraction of sp³-hybridized carbons (Fsp3) is 0.667. The number of ketones is 1. The van der Waals surface area contributed by atoms with Gasteiger partial charge in [0.25, 0.3) is 10.0 Å². The van der Waals surface area contributed by atoms with Gasteiger partial charge in [0, 0.05) is 6.54 Å². The first-order valence-corrected chi connectivity index (χ1v) is 6.69. The number of nitriles is 2. The number of nitrogens with zero attached hydrogens (tertiary/aromatic N) is 2. The molecule has 22 heavy (non-hydrogen) atoms. The summed E-state index contributed by atoms with van der Waals surface area (Å²) in [6.45, 7) is 0.100. The van der Waals surface area contributed by atoms with Crippen LogP contribution >= 0.6 is 0 Å². The first-order valence-electron chi connectivity index (χ1n) is 5.20. The summed E-state index contributed by atoms with van der Waals surface area (Å²) in [6, 6.07) is 1.22. The quantitative estimate of drug-likeness (QED) is 0.689. The SMILES string of the molecule is CCNS(=O)(=O)C(F)(F)C(F)(F)C(F)(F)C(=O)C(C#N)C#N. The van der Waals surface area contributed by atoms with Crippen LogP contribution in [0.25, 0.3) is 0 Å². The van der Waals surface area contributed by atoms with E-state index in [4.69, 9.17) is 10.5 Å². The molecule has 0 unspecified atom stereocenters. The largest absolute Gasteiger partial charge is 0.427 e. The topological polar surface area (TPSA) is 111 Å². The molecule has 0 rings (SSSR count). The van der Waals surface area contributed by atoms with Crippen LogP contribution in [0.2, 0.25) is 0 Å². The van der Waals surface area contributed by atoms with E-state index in [0.29, 0.717) is 12.1 Å². The number of carbonyl (C=O) groups is 1. The second-order valence-electron chi connectivity index (χ2n) is 3.72. The van der Waals surface area contributed by atoms with Crippen LogP contribution in [0.1, 0.15) is 6.92 Å². The van der Waals surface area contributed by atoms with Crippen molar-refractivity contribution in [2.45, 2.75) is 24.0 Å². The monoisotopic (exact) mass is 351 g/mol. The molecule has 0 aromatic heterocycles. The van der Waals surface area contributed by atoms with Gasteiger partial charge < -0.3 is 0 Å². The Bertz CT molecular complexity index is 620. The van der Waals surface area contributed by atoms with Gasteiger partial charge in [0.05, 0.1) is 12.1 Å². The lowest BCUT2D eigenvalue weighted by Gasteiger charge is -2.31. The highest BCUT2D eigenvalue weighted by Gasteiger charge is 2.80. The number of alkyl halides is 6. The summed E-state index contributed by atoms with van der Waals surface area (Å²) < 4.78 is 103. The van der Waals surface area contributed by atoms with Crippen molar-refractivity contribution < 1.29 is 39.6 Å². The molecule has 0 saturated carbocycles. The number of nitrogens with one attached hydrogen (secondary N) is 1. The highest BCUT2D eigenvalue weighted by atomic mass is 32.2. The minimum atomic E-state index is -6.69. The summed E-state index contributed by atoms with van der Waals surface area (Å²) in [5.41, 5.74) is 0. The summed E-state index contributed by atoms with van der Waals surface area (Å²) in [5.74, 6) is -19.1. The van der Waals surface area contributed by atoms with Gasteiger partial charge in [-0.15, -0.1) is 0 Å². The molecule has 0 aliphatic heterocycles. The Labute approximate surface area is 120 Å². The highest BCUT2D eigenvalue weighted by Crippen LogP contribution is 2.49. The van der Waals surface area contributed by atoms with Gasteiger partial charge in [0.2, 0.25) is 5.78 Å². The van der Waals surface area contributed by atoms with E-state index in [1.807, 2.05) is 0 Å². The first kappa shape index (κ1) is 20.1. The number of hydrogen-bond acceptors (Lipinski definition) is 5. The van der Waals surface area contributed by atoms with Crippen molar-refractivity contribution >= 4 is 15.8 Å². The average Bonchev–Trinajstić information content (AvgIpc) is 2.39. The van der Waals surface area contributed by atoms with E-state index in [0.717, 1.165) is 11.6 Å². The maximum absolute atomic E-state index is 13.3. The van der Waals surface area contributed by atoms with Crippen LogP contribution in [-0.4, -0.2) is 37.8 Å². The van der Waals surface area contributed by atoms with E-state index in [2.05, 4.69) is 0 Å². The molecule has 1 N–H and O–H groups in total. The van der Waals surface area contributed by atoms with Crippen molar-refractivity contribution in [3.05, 3.63) is 0 Å². The molecule has 0 aromatic carbocycles. The third-order valence-electron chi connectivity index (χ3n) is 2.26. The molecular formula is C9H7F6N3O3S. The number of carbonyl (C=O) groups excluding carboxylic acids is 1. The third-order valence-corrected chi connectivity index (χ3v) is 3.86. The Balaban J connectivity index is 6.08. The Morgan fingerprint density at radius 3 is 1.86 bits per heavy atom. The van der Waals surface area contributed by atoms with Gasteiger partial charge in [0.15, 0.2) is 5.92 Å². The van der Waals surface area contributed by atoms with E-state index in [-0.39, 0.29) is 0 Å². The van der Waals surface area contributed by atoms with E-state index in [1.165, 1.54) is 0 Å². The van der Waals surface area contributed by atoms with Crippen LogP contribution in [0.3, 0.4) is 0 Å². The van der Waals surface area contributed by atoms with Crippen LogP contribution in [0, 0.1) is 28.6 Å². The van der Waals surface area contributed by atoms with Crippen LogP contribution in [0.5, 0.6) is 0 Å². The molecule has 0 atom stereocenters. The maximum Gasteiger partial charge on any atom is 0.427 e. The molecule has 0 aromatic rings. The van der Waals surface area contributed by atoms with Gasteiger partial charge >= 0.3 is 17.1 Å². The van der Waals surface area contributed by atoms with Crippen LogP contribution < -0.4 is 4.72 Å². The molecule has 0 aliphatic rings. The predicted octanol–water partition coefficient (Wildman–Crippen LogP) is 1.02. The normalized spacial score (nSPS) is 13.5. The minimum absolute atomic E-state index is 0.611. The van der Waals surface area contributed by atoms with Crippen LogP contribution in [-0.2, 0) is 14.8 Å². The Morgan fingerprint density at radius 2 is 1.55 bits per heavy atom. The van der Waals surface area contributed by atoms with E-state index < -0.39 is 45.4 Å². The lowest BCUT2D eigenvalue weighted by Crippen LogP contribution is -2.63. The Kier molecular flexibility index (Phi) is 5.58. The summed E-state index contributed by atoms with van der Waals surface area (Å²) in [5, 5.41) is 10.00. The minimum Gasteiger partial charge on any atom is -0.290 e. The fourth-order valence-electron chi connectivity index (χ4n) is 1.11. The van der Waals surface area contributed by atoms with Gasteiger partial charge in [-0.05, 0) is 0 Å². The number of Topliss-reactive ketones (excluding diaryl/α,β-unsaturated/α-hetero) is 1. The summed E-state index contributed by atoms with van der Waals surface area (Å²) >= 11 is 0. The standard InChI is InChI=1S/C9H7F6N3O3S/c1-2-18-22(20,21)9(14,15)8(12,13)7(10,11)6(19)5(3-16)4-17/h5,18H,2H2,1H3. The van der Waals surface area contributed by atoms with Crippen molar-refractivity contribution in [2.75, 3.05) is 6.54 Å². The zero-order chi connectivity index (χ0) is 18.0. The molecule has 0 amide bonds. The number of hydrogen-bond donors (Lipinski definition) is 1. The third kappa shape index (κ3) is 2.86. The summed E-state index contributed by atoms with van der Waals surface area (Å²) in [4.78, 5) is 11.0. The molecule has 6 nitrogen and oxygen atoms in total. The lowest BCUT2D eigenvalue weighted by atomic mass is 9.97. The van der Waals surface area contributed by atoms with Gasteiger partial charge in [-0.2, -0.15) is 36.9 Å². The molecule has 0 aliphatic carbocycles. The molecule has 0 fully saturated rings. The first-order chi connectivity index (χ1) is 9.74. The molecule has 13 heteroatoms. The number of rotatable bonds is 7. The van der Waals surface area contributed by atoms with Crippen LogP contribution in [0.15, 0.2) is 0 Å². The van der Waals surface area contributed by atoms with E-state index in [9.17, 15) is 39.6 Å². The zero-order valence-electron chi connectivity index (χ0n) is 10.6. The molecule has 0 heterocycles. The Morgan fingerprint density at radius 1 is 1.14 bits per heavy atom. The lowest BCUT2D eigenvalue weighted by molar-refractivity contribution is -0.268. The highest BCUT2D eigenvalue weighted by molar-refractivity contribution is 7.90. The molecule has 0 spiro atoms. The molecule has 0 bridgehead atoms. The second kappa shape index (κ2) is 6.10. The van der Waals surface area contributed by atoms with Crippen molar-refractivity contribution in [1.29, 1.82) is 10.5 Å². The number of halogens is 6.